The van der Waals surface area contributed by atoms with E-state index in [-0.39, 0.29) is 11.6 Å². The molecule has 1 heterocycles. The third-order valence-electron chi connectivity index (χ3n) is 3.65. The van der Waals surface area contributed by atoms with E-state index < -0.39 is 5.82 Å². The summed E-state index contributed by atoms with van der Waals surface area (Å²) in [6.07, 6.45) is 2.18. The van der Waals surface area contributed by atoms with Crippen LogP contribution in [0.15, 0.2) is 18.2 Å². The highest BCUT2D eigenvalue weighted by atomic mass is 19.1. The van der Waals surface area contributed by atoms with E-state index in [9.17, 15) is 9.18 Å². The van der Waals surface area contributed by atoms with Crippen molar-refractivity contribution in [1.29, 1.82) is 0 Å². The van der Waals surface area contributed by atoms with Gasteiger partial charge in [-0.05, 0) is 57.1 Å². The number of nitrogen functional groups attached to an aromatic ring is 1. The molecule has 19 heavy (non-hydrogen) atoms. The molecule has 3 N–H and O–H groups in total. The SMILES string of the molecule is CN1CCC(CNC(=O)c2ccc(N)c(F)c2)CC1. The number of piperidine rings is 1. The van der Waals surface area contributed by atoms with Crippen molar-refractivity contribution in [1.82, 2.24) is 10.2 Å². The maximum absolute atomic E-state index is 13.3. The molecule has 0 radical (unpaired) electrons. The Labute approximate surface area is 112 Å². The number of nitrogens with zero attached hydrogens (tertiary/aromatic N) is 1. The molecule has 1 amide bonds. The van der Waals surface area contributed by atoms with Gasteiger partial charge in [-0.15, -0.1) is 0 Å². The summed E-state index contributed by atoms with van der Waals surface area (Å²) in [6.45, 7) is 2.78. The maximum atomic E-state index is 13.3. The van der Waals surface area contributed by atoms with Crippen LogP contribution in [0.25, 0.3) is 0 Å². The number of nitrogens with two attached hydrogens (primary N) is 1. The smallest absolute Gasteiger partial charge is 0.251 e. The molecular weight excluding hydrogens is 245 g/mol. The van der Waals surface area contributed by atoms with Gasteiger partial charge in [0, 0.05) is 12.1 Å². The molecule has 1 aromatic carbocycles. The molecule has 1 aliphatic heterocycles. The van der Waals surface area contributed by atoms with Crippen molar-refractivity contribution in [3.63, 3.8) is 0 Å². The van der Waals surface area contributed by atoms with E-state index >= 15 is 0 Å². The molecule has 1 fully saturated rings. The number of hydrogen-bond acceptors (Lipinski definition) is 3. The van der Waals surface area contributed by atoms with Gasteiger partial charge in [0.2, 0.25) is 0 Å². The monoisotopic (exact) mass is 265 g/mol. The van der Waals surface area contributed by atoms with Crippen LogP contribution in [0.5, 0.6) is 0 Å². The van der Waals surface area contributed by atoms with Crippen molar-refractivity contribution in [2.75, 3.05) is 32.4 Å². The van der Waals surface area contributed by atoms with Gasteiger partial charge < -0.3 is 16.0 Å². The molecule has 104 valence electrons. The maximum Gasteiger partial charge on any atom is 0.251 e. The van der Waals surface area contributed by atoms with Crippen LogP contribution >= 0.6 is 0 Å². The van der Waals surface area contributed by atoms with Crippen LogP contribution in [-0.2, 0) is 0 Å². The molecule has 5 heteroatoms. The summed E-state index contributed by atoms with van der Waals surface area (Å²) in [5.74, 6) is -0.274. The zero-order valence-electron chi connectivity index (χ0n) is 11.2. The summed E-state index contributed by atoms with van der Waals surface area (Å²) >= 11 is 0. The first kappa shape index (κ1) is 13.8. The molecule has 0 bridgehead atoms. The van der Waals surface area contributed by atoms with Gasteiger partial charge in [0.15, 0.2) is 0 Å². The fourth-order valence-corrected chi connectivity index (χ4v) is 2.27. The minimum Gasteiger partial charge on any atom is -0.396 e. The Morgan fingerprint density at radius 2 is 2.16 bits per heavy atom. The quantitative estimate of drug-likeness (QED) is 0.814. The van der Waals surface area contributed by atoms with Crippen molar-refractivity contribution in [3.8, 4) is 0 Å². The minimum atomic E-state index is -0.549. The van der Waals surface area contributed by atoms with E-state index in [1.54, 1.807) is 6.07 Å². The molecule has 0 atom stereocenters. The van der Waals surface area contributed by atoms with Gasteiger partial charge in [-0.25, -0.2) is 4.39 Å². The number of carbonyl (C=O) groups excluding carboxylic acids is 1. The molecule has 0 aliphatic carbocycles. The van der Waals surface area contributed by atoms with Gasteiger partial charge in [-0.3, -0.25) is 4.79 Å². The van der Waals surface area contributed by atoms with Crippen LogP contribution < -0.4 is 11.1 Å². The average Bonchev–Trinajstić information content (AvgIpc) is 2.41. The Morgan fingerprint density at radius 3 is 2.79 bits per heavy atom. The third-order valence-corrected chi connectivity index (χ3v) is 3.65. The molecule has 4 nitrogen and oxygen atoms in total. The molecule has 0 spiro atoms. The van der Waals surface area contributed by atoms with Gasteiger partial charge in [-0.2, -0.15) is 0 Å². The third kappa shape index (κ3) is 3.67. The lowest BCUT2D eigenvalue weighted by molar-refractivity contribution is 0.0938. The van der Waals surface area contributed by atoms with Gasteiger partial charge >= 0.3 is 0 Å². The first-order chi connectivity index (χ1) is 9.06. The summed E-state index contributed by atoms with van der Waals surface area (Å²) in [4.78, 5) is 14.2. The molecular formula is C14H20FN3O. The number of nitrogens with one attached hydrogen (secondary N) is 1. The summed E-state index contributed by atoms with van der Waals surface area (Å²) < 4.78 is 13.3. The fourth-order valence-electron chi connectivity index (χ4n) is 2.27. The van der Waals surface area contributed by atoms with Crippen LogP contribution in [-0.4, -0.2) is 37.5 Å². The second-order valence-corrected chi connectivity index (χ2v) is 5.19. The molecule has 1 aliphatic rings. The number of amides is 1. The van der Waals surface area contributed by atoms with Crippen molar-refractivity contribution >= 4 is 11.6 Å². The second kappa shape index (κ2) is 6.02. The second-order valence-electron chi connectivity index (χ2n) is 5.19. The van der Waals surface area contributed by atoms with Gasteiger partial charge in [0.1, 0.15) is 5.82 Å². The largest absolute Gasteiger partial charge is 0.396 e. The van der Waals surface area contributed by atoms with Crippen LogP contribution in [0.4, 0.5) is 10.1 Å². The molecule has 0 unspecified atom stereocenters. The summed E-state index contributed by atoms with van der Waals surface area (Å²) in [5.41, 5.74) is 5.76. The number of hydrogen-bond donors (Lipinski definition) is 2. The van der Waals surface area contributed by atoms with Crippen LogP contribution in [0.3, 0.4) is 0 Å². The molecule has 2 rings (SSSR count). The van der Waals surface area contributed by atoms with Crippen LogP contribution in [0.2, 0.25) is 0 Å². The average molecular weight is 265 g/mol. The fraction of sp³-hybridized carbons (Fsp3) is 0.500. The number of likely N-dealkylation sites (tertiary alicyclic amines) is 1. The van der Waals surface area contributed by atoms with Gasteiger partial charge in [-0.1, -0.05) is 0 Å². The standard InChI is InChI=1S/C14H20FN3O/c1-18-6-4-10(5-7-18)9-17-14(19)11-2-3-13(16)12(15)8-11/h2-3,8,10H,4-7,9,16H2,1H3,(H,17,19). The molecule has 0 aromatic heterocycles. The Kier molecular flexibility index (Phi) is 4.37. The lowest BCUT2D eigenvalue weighted by atomic mass is 9.97. The first-order valence-electron chi connectivity index (χ1n) is 6.58. The van der Waals surface area contributed by atoms with E-state index in [1.165, 1.54) is 12.1 Å². The van der Waals surface area contributed by atoms with Crippen LogP contribution in [0, 0.1) is 11.7 Å². The number of carbonyl (C=O) groups is 1. The van der Waals surface area contributed by atoms with E-state index in [0.717, 1.165) is 25.9 Å². The Balaban J connectivity index is 1.85. The molecule has 1 aromatic rings. The van der Waals surface area contributed by atoms with E-state index in [4.69, 9.17) is 5.73 Å². The highest BCUT2D eigenvalue weighted by molar-refractivity contribution is 5.94. The van der Waals surface area contributed by atoms with Gasteiger partial charge in [0.05, 0.1) is 5.69 Å². The minimum absolute atomic E-state index is 0.0619. The first-order valence-corrected chi connectivity index (χ1v) is 6.58. The number of anilines is 1. The highest BCUT2D eigenvalue weighted by Crippen LogP contribution is 2.15. The predicted octanol–water partition coefficient (Wildman–Crippen LogP) is 1.48. The number of halogens is 1. The Morgan fingerprint density at radius 1 is 1.47 bits per heavy atom. The number of rotatable bonds is 3. The van der Waals surface area contributed by atoms with Gasteiger partial charge in [0.25, 0.3) is 5.91 Å². The highest BCUT2D eigenvalue weighted by Gasteiger charge is 2.17. The zero-order chi connectivity index (χ0) is 13.8. The van der Waals surface area contributed by atoms with Crippen molar-refractivity contribution in [2.24, 2.45) is 5.92 Å². The summed E-state index contributed by atoms with van der Waals surface area (Å²) in [5, 5.41) is 2.87. The number of benzene rings is 1. The van der Waals surface area contributed by atoms with E-state index in [1.807, 2.05) is 0 Å². The predicted molar refractivity (Wildman–Crippen MR) is 73.4 cm³/mol. The van der Waals surface area contributed by atoms with Crippen molar-refractivity contribution < 1.29 is 9.18 Å². The van der Waals surface area contributed by atoms with Crippen molar-refractivity contribution in [3.05, 3.63) is 29.6 Å². The normalized spacial score (nSPS) is 17.4. The lowest BCUT2D eigenvalue weighted by Gasteiger charge is -2.28. The zero-order valence-corrected chi connectivity index (χ0v) is 11.2. The topological polar surface area (TPSA) is 58.4 Å². The Hall–Kier alpha value is -1.62. The van der Waals surface area contributed by atoms with E-state index in [0.29, 0.717) is 18.0 Å². The molecule has 1 saturated heterocycles. The lowest BCUT2D eigenvalue weighted by Crippen LogP contribution is -2.36. The van der Waals surface area contributed by atoms with Crippen LogP contribution in [0.1, 0.15) is 23.2 Å². The van der Waals surface area contributed by atoms with E-state index in [2.05, 4.69) is 17.3 Å². The summed E-state index contributed by atoms with van der Waals surface area (Å²) in [7, 11) is 2.10. The summed E-state index contributed by atoms with van der Waals surface area (Å²) in [6, 6.07) is 4.14. The van der Waals surface area contributed by atoms with Crippen molar-refractivity contribution in [2.45, 2.75) is 12.8 Å². The molecule has 0 saturated carbocycles. The Bertz CT molecular complexity index is 456.